The van der Waals surface area contributed by atoms with Crippen molar-refractivity contribution in [3.05, 3.63) is 41.2 Å². The van der Waals surface area contributed by atoms with E-state index < -0.39 is 6.43 Å². The maximum Gasteiger partial charge on any atom is 0.267 e. The molecule has 0 aromatic carbocycles. The van der Waals surface area contributed by atoms with E-state index in [1.165, 1.54) is 6.07 Å². The number of anilines is 1. The Balaban J connectivity index is 1.45. The lowest BCUT2D eigenvalue weighted by atomic mass is 10.1. The van der Waals surface area contributed by atoms with Gasteiger partial charge in [-0.3, -0.25) is 4.79 Å². The second-order valence-corrected chi connectivity index (χ2v) is 6.72. The lowest BCUT2D eigenvalue weighted by Crippen LogP contribution is -2.39. The van der Waals surface area contributed by atoms with Gasteiger partial charge in [0.2, 0.25) is 5.88 Å². The van der Waals surface area contributed by atoms with Crippen molar-refractivity contribution in [2.75, 3.05) is 25.1 Å². The van der Waals surface area contributed by atoms with E-state index in [0.29, 0.717) is 43.3 Å². The Morgan fingerprint density at radius 1 is 1.29 bits per heavy atom. The van der Waals surface area contributed by atoms with Crippen LogP contribution in [0.4, 0.5) is 14.6 Å². The van der Waals surface area contributed by atoms with Gasteiger partial charge < -0.3 is 19.7 Å². The number of pyridine rings is 2. The van der Waals surface area contributed by atoms with Gasteiger partial charge in [0.1, 0.15) is 17.7 Å². The van der Waals surface area contributed by atoms with E-state index in [4.69, 9.17) is 9.47 Å². The summed E-state index contributed by atoms with van der Waals surface area (Å²) < 4.78 is 38.1. The zero-order valence-corrected chi connectivity index (χ0v) is 15.3. The van der Waals surface area contributed by atoms with Crippen LogP contribution in [0.15, 0.2) is 24.4 Å². The molecular formula is C19H20F2N4O3. The van der Waals surface area contributed by atoms with E-state index in [0.717, 1.165) is 0 Å². The number of nitrogens with one attached hydrogen (secondary N) is 1. The number of aromatic nitrogens is 2. The summed E-state index contributed by atoms with van der Waals surface area (Å²) in [4.78, 5) is 22.1. The third kappa shape index (κ3) is 3.56. The van der Waals surface area contributed by atoms with Crippen molar-refractivity contribution in [3.63, 3.8) is 0 Å². The average Bonchev–Trinajstić information content (AvgIpc) is 3.08. The van der Waals surface area contributed by atoms with Gasteiger partial charge in [0.05, 0.1) is 36.7 Å². The van der Waals surface area contributed by atoms with Gasteiger partial charge in [-0.05, 0) is 12.1 Å². The smallest absolute Gasteiger partial charge is 0.267 e. The average molecular weight is 390 g/mol. The SMILES string of the molecule is COc1ccc(OC2CCN(c3nc4c(cc3C(F)F)C(=O)NC4)CC2)cn1. The number of fused-ring (bicyclic) bond motifs is 1. The Hall–Kier alpha value is -2.97. The first-order chi connectivity index (χ1) is 13.5. The Morgan fingerprint density at radius 2 is 2.07 bits per heavy atom. The number of halogens is 2. The molecule has 1 saturated heterocycles. The molecule has 28 heavy (non-hydrogen) atoms. The quantitative estimate of drug-likeness (QED) is 0.846. The molecule has 1 fully saturated rings. The number of ether oxygens (including phenoxy) is 2. The number of hydrogen-bond donors (Lipinski definition) is 1. The highest BCUT2D eigenvalue weighted by atomic mass is 19.3. The molecule has 0 bridgehead atoms. The predicted molar refractivity (Wildman–Crippen MR) is 97.0 cm³/mol. The Kier molecular flexibility index (Phi) is 4.97. The fourth-order valence-corrected chi connectivity index (χ4v) is 3.50. The summed E-state index contributed by atoms with van der Waals surface area (Å²) in [5.41, 5.74) is 0.561. The second kappa shape index (κ2) is 7.57. The molecule has 2 aromatic heterocycles. The summed E-state index contributed by atoms with van der Waals surface area (Å²) in [5.74, 6) is 1.07. The molecule has 2 aromatic rings. The molecule has 0 saturated carbocycles. The number of alkyl halides is 2. The minimum Gasteiger partial charge on any atom is -0.489 e. The maximum atomic E-state index is 13.6. The summed E-state index contributed by atoms with van der Waals surface area (Å²) in [5, 5.41) is 2.62. The molecule has 0 unspecified atom stereocenters. The third-order valence-electron chi connectivity index (χ3n) is 4.97. The van der Waals surface area contributed by atoms with E-state index in [1.807, 2.05) is 4.90 Å². The molecule has 0 atom stereocenters. The fourth-order valence-electron chi connectivity index (χ4n) is 3.50. The van der Waals surface area contributed by atoms with Crippen molar-refractivity contribution in [2.45, 2.75) is 31.9 Å². The summed E-state index contributed by atoms with van der Waals surface area (Å²) >= 11 is 0. The van der Waals surface area contributed by atoms with Crippen LogP contribution in [0.2, 0.25) is 0 Å². The zero-order chi connectivity index (χ0) is 19.7. The topological polar surface area (TPSA) is 76.6 Å². The molecular weight excluding hydrogens is 370 g/mol. The standard InChI is InChI=1S/C19H20F2N4O3/c1-27-16-3-2-12(9-22-16)28-11-4-6-25(7-5-11)18-14(17(20)21)8-13-15(24-18)10-23-19(13)26/h2-3,8-9,11,17H,4-7,10H2,1H3,(H,23,26). The molecule has 0 aliphatic carbocycles. The van der Waals surface area contributed by atoms with E-state index in [2.05, 4.69) is 15.3 Å². The molecule has 2 aliphatic heterocycles. The van der Waals surface area contributed by atoms with Crippen LogP contribution in [0.5, 0.6) is 11.6 Å². The number of amides is 1. The maximum absolute atomic E-state index is 13.6. The third-order valence-corrected chi connectivity index (χ3v) is 4.97. The molecule has 4 heterocycles. The van der Waals surface area contributed by atoms with E-state index >= 15 is 0 Å². The molecule has 1 N–H and O–H groups in total. The van der Waals surface area contributed by atoms with E-state index in [9.17, 15) is 13.6 Å². The van der Waals surface area contributed by atoms with Gasteiger partial charge in [-0.25, -0.2) is 18.7 Å². The normalized spacial score (nSPS) is 16.9. The van der Waals surface area contributed by atoms with Gasteiger partial charge in [0.25, 0.3) is 12.3 Å². The first-order valence-corrected chi connectivity index (χ1v) is 9.07. The van der Waals surface area contributed by atoms with Crippen LogP contribution in [-0.2, 0) is 6.54 Å². The molecule has 7 nitrogen and oxygen atoms in total. The van der Waals surface area contributed by atoms with Gasteiger partial charge >= 0.3 is 0 Å². The lowest BCUT2D eigenvalue weighted by Gasteiger charge is -2.34. The highest BCUT2D eigenvalue weighted by Crippen LogP contribution is 2.33. The van der Waals surface area contributed by atoms with Crippen LogP contribution < -0.4 is 19.7 Å². The van der Waals surface area contributed by atoms with Crippen molar-refractivity contribution in [3.8, 4) is 11.6 Å². The number of piperidine rings is 1. The predicted octanol–water partition coefficient (Wildman–Crippen LogP) is 2.71. The summed E-state index contributed by atoms with van der Waals surface area (Å²) in [6.07, 6.45) is 0.223. The van der Waals surface area contributed by atoms with Crippen LogP contribution in [0.1, 0.15) is 40.9 Å². The number of rotatable bonds is 5. The van der Waals surface area contributed by atoms with Crippen molar-refractivity contribution in [1.29, 1.82) is 0 Å². The minimum absolute atomic E-state index is 0.0286. The summed E-state index contributed by atoms with van der Waals surface area (Å²) in [6.45, 7) is 1.36. The van der Waals surface area contributed by atoms with Crippen molar-refractivity contribution < 1.29 is 23.0 Å². The largest absolute Gasteiger partial charge is 0.489 e. The van der Waals surface area contributed by atoms with Crippen LogP contribution in [0.25, 0.3) is 0 Å². The molecule has 9 heteroatoms. The van der Waals surface area contributed by atoms with E-state index in [-0.39, 0.29) is 35.5 Å². The van der Waals surface area contributed by atoms with Gasteiger partial charge in [-0.15, -0.1) is 0 Å². The Bertz CT molecular complexity index is 868. The lowest BCUT2D eigenvalue weighted by molar-refractivity contribution is 0.0965. The number of methoxy groups -OCH3 is 1. The molecule has 1 amide bonds. The van der Waals surface area contributed by atoms with Gasteiger partial charge in [0.15, 0.2) is 0 Å². The summed E-state index contributed by atoms with van der Waals surface area (Å²) in [7, 11) is 1.55. The van der Waals surface area contributed by atoms with Crippen molar-refractivity contribution >= 4 is 11.7 Å². The van der Waals surface area contributed by atoms with Crippen molar-refractivity contribution in [1.82, 2.24) is 15.3 Å². The highest BCUT2D eigenvalue weighted by Gasteiger charge is 2.30. The van der Waals surface area contributed by atoms with Crippen LogP contribution in [0, 0.1) is 0 Å². The highest BCUT2D eigenvalue weighted by molar-refractivity contribution is 5.98. The number of carbonyl (C=O) groups is 1. The minimum atomic E-state index is -2.69. The fraction of sp³-hybridized carbons (Fsp3) is 0.421. The number of nitrogens with zero attached hydrogens (tertiary/aromatic N) is 3. The first-order valence-electron chi connectivity index (χ1n) is 9.07. The first kappa shape index (κ1) is 18.4. The second-order valence-electron chi connectivity index (χ2n) is 6.72. The molecule has 2 aliphatic rings. The Morgan fingerprint density at radius 3 is 2.71 bits per heavy atom. The monoisotopic (exact) mass is 390 g/mol. The Labute approximate surface area is 160 Å². The molecule has 0 spiro atoms. The number of carbonyl (C=O) groups excluding carboxylic acids is 1. The van der Waals surface area contributed by atoms with Crippen LogP contribution in [-0.4, -0.2) is 42.2 Å². The zero-order valence-electron chi connectivity index (χ0n) is 15.3. The van der Waals surface area contributed by atoms with Gasteiger partial charge in [-0.1, -0.05) is 0 Å². The number of hydrogen-bond acceptors (Lipinski definition) is 6. The van der Waals surface area contributed by atoms with Gasteiger partial charge in [0, 0.05) is 32.0 Å². The molecule has 0 radical (unpaired) electrons. The summed E-state index contributed by atoms with van der Waals surface area (Å²) in [6, 6.07) is 4.79. The van der Waals surface area contributed by atoms with Crippen LogP contribution in [0.3, 0.4) is 0 Å². The van der Waals surface area contributed by atoms with E-state index in [1.54, 1.807) is 25.4 Å². The molecule has 148 valence electrons. The molecule has 4 rings (SSSR count). The van der Waals surface area contributed by atoms with Crippen molar-refractivity contribution in [2.24, 2.45) is 0 Å². The van der Waals surface area contributed by atoms with Gasteiger partial charge in [-0.2, -0.15) is 0 Å². The van der Waals surface area contributed by atoms with Crippen LogP contribution >= 0.6 is 0 Å².